The van der Waals surface area contributed by atoms with E-state index < -0.39 is 11.6 Å². The SMILES string of the molecule is CCc1ccc(N(C(=O)CN2C(=O)NC3(CCC(CC)CC3)C2=O)c2nc3ccccc3s2)cc1. The molecule has 0 bridgehead atoms. The second-order valence-corrected chi connectivity index (χ2v) is 10.5. The van der Waals surface area contributed by atoms with Crippen molar-refractivity contribution in [3.63, 3.8) is 0 Å². The number of urea groups is 1. The van der Waals surface area contributed by atoms with Gasteiger partial charge >= 0.3 is 6.03 Å². The number of thiazole rings is 1. The van der Waals surface area contributed by atoms with Crippen LogP contribution in [0.4, 0.5) is 15.6 Å². The van der Waals surface area contributed by atoms with Crippen molar-refractivity contribution in [2.45, 2.75) is 57.9 Å². The number of hydrogen-bond donors (Lipinski definition) is 1. The standard InChI is InChI=1S/C27H30N4O3S/c1-3-18-9-11-20(12-10-18)31(26-28-21-7-5-6-8-22(21)35-26)23(32)17-30-24(33)27(29-25(30)34)15-13-19(4-2)14-16-27/h5-12,19H,3-4,13-17H2,1-2H3,(H,29,34). The van der Waals surface area contributed by atoms with Gasteiger partial charge in [-0.15, -0.1) is 0 Å². The second kappa shape index (κ2) is 9.41. The smallest absolute Gasteiger partial charge is 0.323 e. The molecule has 182 valence electrons. The van der Waals surface area contributed by atoms with Gasteiger partial charge < -0.3 is 5.32 Å². The normalized spacial score (nSPS) is 22.1. The van der Waals surface area contributed by atoms with Crippen LogP contribution in [0.5, 0.6) is 0 Å². The molecule has 4 amide bonds. The molecule has 2 aromatic carbocycles. The molecule has 2 aliphatic rings. The number of hydrogen-bond acceptors (Lipinski definition) is 5. The van der Waals surface area contributed by atoms with Crippen LogP contribution < -0.4 is 10.2 Å². The zero-order chi connectivity index (χ0) is 24.6. The van der Waals surface area contributed by atoms with E-state index in [2.05, 4.69) is 24.1 Å². The van der Waals surface area contributed by atoms with Gasteiger partial charge in [-0.3, -0.25) is 19.4 Å². The third kappa shape index (κ3) is 4.31. The van der Waals surface area contributed by atoms with E-state index in [1.54, 1.807) is 0 Å². The maximum absolute atomic E-state index is 13.7. The van der Waals surface area contributed by atoms with Gasteiger partial charge in [0.15, 0.2) is 5.13 Å². The Balaban J connectivity index is 1.43. The maximum atomic E-state index is 13.7. The highest BCUT2D eigenvalue weighted by Gasteiger charge is 2.52. The van der Waals surface area contributed by atoms with Crippen LogP contribution in [0.25, 0.3) is 10.2 Å². The Hall–Kier alpha value is -3.26. The molecule has 35 heavy (non-hydrogen) atoms. The molecule has 7 nitrogen and oxygen atoms in total. The Labute approximate surface area is 209 Å². The quantitative estimate of drug-likeness (QED) is 0.468. The lowest BCUT2D eigenvalue weighted by atomic mass is 9.75. The number of para-hydroxylation sites is 1. The summed E-state index contributed by atoms with van der Waals surface area (Å²) in [6.45, 7) is 3.91. The minimum absolute atomic E-state index is 0.281. The molecule has 0 atom stereocenters. The maximum Gasteiger partial charge on any atom is 0.325 e. The van der Waals surface area contributed by atoms with Crippen LogP contribution in [0, 0.1) is 5.92 Å². The van der Waals surface area contributed by atoms with Crippen molar-refractivity contribution >= 4 is 50.2 Å². The number of amides is 4. The molecule has 0 unspecified atom stereocenters. The number of fused-ring (bicyclic) bond motifs is 1. The first-order valence-electron chi connectivity index (χ1n) is 12.4. The van der Waals surface area contributed by atoms with Gasteiger partial charge in [0.2, 0.25) is 0 Å². The largest absolute Gasteiger partial charge is 0.325 e. The summed E-state index contributed by atoms with van der Waals surface area (Å²) >= 11 is 1.41. The zero-order valence-corrected chi connectivity index (χ0v) is 20.9. The molecular weight excluding hydrogens is 460 g/mol. The summed E-state index contributed by atoms with van der Waals surface area (Å²) in [5.41, 5.74) is 1.75. The number of anilines is 2. The van der Waals surface area contributed by atoms with Gasteiger partial charge in [0.25, 0.3) is 11.8 Å². The van der Waals surface area contributed by atoms with E-state index in [9.17, 15) is 14.4 Å². The molecule has 1 aliphatic heterocycles. The lowest BCUT2D eigenvalue weighted by Crippen LogP contribution is -2.50. The fourth-order valence-electron chi connectivity index (χ4n) is 5.14. The van der Waals surface area contributed by atoms with E-state index in [0.29, 0.717) is 29.6 Å². The second-order valence-electron chi connectivity index (χ2n) is 9.47. The molecule has 0 radical (unpaired) electrons. The van der Waals surface area contributed by atoms with E-state index in [0.717, 1.165) is 46.4 Å². The van der Waals surface area contributed by atoms with Crippen LogP contribution in [0.3, 0.4) is 0 Å². The van der Waals surface area contributed by atoms with Gasteiger partial charge in [0, 0.05) is 0 Å². The topological polar surface area (TPSA) is 82.6 Å². The summed E-state index contributed by atoms with van der Waals surface area (Å²) in [5, 5.41) is 3.45. The molecule has 5 rings (SSSR count). The lowest BCUT2D eigenvalue weighted by molar-refractivity contribution is -0.135. The predicted octanol–water partition coefficient (Wildman–Crippen LogP) is 5.41. The van der Waals surface area contributed by atoms with E-state index in [1.807, 2.05) is 48.5 Å². The van der Waals surface area contributed by atoms with Crippen molar-refractivity contribution in [1.82, 2.24) is 15.2 Å². The molecule has 1 aliphatic carbocycles. The zero-order valence-electron chi connectivity index (χ0n) is 20.1. The number of carbonyl (C=O) groups excluding carboxylic acids is 3. The molecule has 1 N–H and O–H groups in total. The van der Waals surface area contributed by atoms with E-state index >= 15 is 0 Å². The highest BCUT2D eigenvalue weighted by atomic mass is 32.1. The van der Waals surface area contributed by atoms with Crippen molar-refractivity contribution in [3.05, 3.63) is 54.1 Å². The lowest BCUT2D eigenvalue weighted by Gasteiger charge is -2.34. The Morgan fingerprint density at radius 3 is 2.49 bits per heavy atom. The van der Waals surface area contributed by atoms with Crippen molar-refractivity contribution in [3.8, 4) is 0 Å². The molecule has 1 spiro atoms. The average Bonchev–Trinajstić information content (AvgIpc) is 3.39. The van der Waals surface area contributed by atoms with E-state index in [4.69, 9.17) is 0 Å². The number of carbonyl (C=O) groups is 3. The Bertz CT molecular complexity index is 1230. The number of rotatable bonds is 6. The van der Waals surface area contributed by atoms with Crippen LogP contribution in [0.15, 0.2) is 48.5 Å². The summed E-state index contributed by atoms with van der Waals surface area (Å²) in [7, 11) is 0. The van der Waals surface area contributed by atoms with Gasteiger partial charge in [-0.05, 0) is 67.9 Å². The van der Waals surface area contributed by atoms with Gasteiger partial charge in [0.05, 0.1) is 15.9 Å². The molecule has 1 saturated heterocycles. The summed E-state index contributed by atoms with van der Waals surface area (Å²) < 4.78 is 0.965. The summed E-state index contributed by atoms with van der Waals surface area (Å²) in [5.74, 6) is -0.0614. The fraction of sp³-hybridized carbons (Fsp3) is 0.407. The van der Waals surface area contributed by atoms with Crippen LogP contribution in [0.1, 0.15) is 51.5 Å². The number of nitrogens with zero attached hydrogens (tertiary/aromatic N) is 3. The van der Waals surface area contributed by atoms with Crippen LogP contribution in [-0.4, -0.2) is 39.8 Å². The predicted molar refractivity (Wildman–Crippen MR) is 138 cm³/mol. The van der Waals surface area contributed by atoms with Gasteiger partial charge in [0.1, 0.15) is 12.1 Å². The Morgan fingerprint density at radius 1 is 1.11 bits per heavy atom. The molecule has 2 fully saturated rings. The Kier molecular flexibility index (Phi) is 6.32. The number of imide groups is 1. The minimum atomic E-state index is -0.869. The van der Waals surface area contributed by atoms with Gasteiger partial charge in [-0.2, -0.15) is 0 Å². The van der Waals surface area contributed by atoms with Gasteiger partial charge in [-0.25, -0.2) is 9.78 Å². The first kappa shape index (κ1) is 23.5. The highest BCUT2D eigenvalue weighted by Crippen LogP contribution is 2.38. The van der Waals surface area contributed by atoms with Crippen molar-refractivity contribution in [2.75, 3.05) is 11.4 Å². The monoisotopic (exact) mass is 490 g/mol. The number of benzene rings is 2. The fourth-order valence-corrected chi connectivity index (χ4v) is 6.14. The molecule has 2 heterocycles. The highest BCUT2D eigenvalue weighted by molar-refractivity contribution is 7.22. The summed E-state index contributed by atoms with van der Waals surface area (Å²) in [6.07, 6.45) is 5.03. The number of nitrogens with one attached hydrogen (secondary N) is 1. The first-order chi connectivity index (χ1) is 16.9. The van der Waals surface area contributed by atoms with Gasteiger partial charge in [-0.1, -0.05) is 55.9 Å². The van der Waals surface area contributed by atoms with E-state index in [1.165, 1.54) is 16.2 Å². The van der Waals surface area contributed by atoms with Crippen LogP contribution in [-0.2, 0) is 16.0 Å². The van der Waals surface area contributed by atoms with Crippen molar-refractivity contribution in [1.29, 1.82) is 0 Å². The van der Waals surface area contributed by atoms with Crippen LogP contribution >= 0.6 is 11.3 Å². The third-order valence-corrected chi connectivity index (χ3v) is 8.42. The number of aryl methyl sites for hydroxylation is 1. The molecule has 1 saturated carbocycles. The molecule has 1 aromatic heterocycles. The summed E-state index contributed by atoms with van der Waals surface area (Å²) in [4.78, 5) is 47.3. The molecule has 3 aromatic rings. The summed E-state index contributed by atoms with van der Waals surface area (Å²) in [6, 6.07) is 15.0. The molecule has 8 heteroatoms. The average molecular weight is 491 g/mol. The van der Waals surface area contributed by atoms with Crippen molar-refractivity contribution < 1.29 is 14.4 Å². The molecular formula is C27H30N4O3S. The minimum Gasteiger partial charge on any atom is -0.323 e. The Morgan fingerprint density at radius 2 is 1.83 bits per heavy atom. The number of aromatic nitrogens is 1. The third-order valence-electron chi connectivity index (χ3n) is 7.40. The first-order valence-corrected chi connectivity index (χ1v) is 13.2. The van der Waals surface area contributed by atoms with Crippen LogP contribution in [0.2, 0.25) is 0 Å². The van der Waals surface area contributed by atoms with E-state index in [-0.39, 0.29) is 18.4 Å². The van der Waals surface area contributed by atoms with Crippen molar-refractivity contribution in [2.24, 2.45) is 5.92 Å².